The number of rotatable bonds is 9. The van der Waals surface area contributed by atoms with Gasteiger partial charge in [-0.25, -0.2) is 16.8 Å². The standard InChI is InChI=1S/C22H28F3NO4SSi.C15H25NO2Si.C7H4ClF3O2S.CH4/c1-21(2,3)32(4,5)30-15-16-14-29-19-12-8-7-11-18(19)26(16)31(27,28)20-13-9-6-10-17(20)22(23,24)25;1-15(2,3)19(4,5)18-11-12-10-17-14-9-7-6-8-13(14)16-12;8-14(12,13)6-4-2-1-3-5(6)7(9,10)11;/h6-13,16H,14-15H2,1-5H3;6-9,12,16H,10-11H2,1-5H3;1-4H;1H4. The van der Waals surface area contributed by atoms with Crippen molar-refractivity contribution in [3.8, 4) is 11.5 Å². The van der Waals surface area contributed by atoms with Crippen LogP contribution in [-0.4, -0.2) is 72.0 Å². The average Bonchev–Trinajstić information content (AvgIpc) is 3.20. The molecule has 0 bridgehead atoms. The Hall–Kier alpha value is -3.80. The molecule has 4 aromatic carbocycles. The fraction of sp³-hybridized carbons (Fsp3) is 0.467. The highest BCUT2D eigenvalue weighted by atomic mass is 35.7. The van der Waals surface area contributed by atoms with Gasteiger partial charge in [-0.1, -0.05) is 97.5 Å². The van der Waals surface area contributed by atoms with Crippen LogP contribution >= 0.6 is 10.7 Å². The van der Waals surface area contributed by atoms with Crippen molar-refractivity contribution in [3.05, 3.63) is 108 Å². The van der Waals surface area contributed by atoms with Crippen LogP contribution in [0.3, 0.4) is 0 Å². The molecular formula is C45H61ClF6N2O8S2Si2. The van der Waals surface area contributed by atoms with E-state index in [0.29, 0.717) is 25.0 Å². The van der Waals surface area contributed by atoms with Crippen molar-refractivity contribution in [1.29, 1.82) is 0 Å². The van der Waals surface area contributed by atoms with Crippen LogP contribution in [0, 0.1) is 0 Å². The van der Waals surface area contributed by atoms with Crippen molar-refractivity contribution in [2.75, 3.05) is 36.0 Å². The maximum atomic E-state index is 13.7. The highest BCUT2D eigenvalue weighted by Crippen LogP contribution is 2.43. The minimum absolute atomic E-state index is 0. The molecule has 10 nitrogen and oxygen atoms in total. The Bertz CT molecular complexity index is 2480. The first-order chi connectivity index (χ1) is 29.7. The number of nitrogens with one attached hydrogen (secondary N) is 1. The third-order valence-electron chi connectivity index (χ3n) is 11.6. The van der Waals surface area contributed by atoms with E-state index in [1.54, 1.807) is 18.2 Å². The largest absolute Gasteiger partial charge is 0.489 e. The second-order valence-corrected chi connectivity index (χ2v) is 32.4. The van der Waals surface area contributed by atoms with Crippen LogP contribution in [0.1, 0.15) is 60.1 Å². The Kier molecular flexibility index (Phi) is 18.2. The van der Waals surface area contributed by atoms with Gasteiger partial charge in [-0.05, 0) is 84.8 Å². The molecule has 2 atom stereocenters. The third kappa shape index (κ3) is 14.1. The molecule has 0 aromatic heterocycles. The number of hydrogen-bond acceptors (Lipinski definition) is 9. The van der Waals surface area contributed by atoms with Gasteiger partial charge in [0.25, 0.3) is 19.1 Å². The molecular weight excluding hydrogens is 966 g/mol. The lowest BCUT2D eigenvalue weighted by molar-refractivity contribution is -0.140. The summed E-state index contributed by atoms with van der Waals surface area (Å²) < 4.78 is 152. The van der Waals surface area contributed by atoms with Crippen molar-refractivity contribution < 1.29 is 61.5 Å². The van der Waals surface area contributed by atoms with E-state index in [1.807, 2.05) is 37.4 Å². The number of para-hydroxylation sites is 4. The lowest BCUT2D eigenvalue weighted by Crippen LogP contribution is -2.52. The highest BCUT2D eigenvalue weighted by molar-refractivity contribution is 8.13. The fourth-order valence-corrected chi connectivity index (χ4v) is 10.9. The van der Waals surface area contributed by atoms with Gasteiger partial charge < -0.3 is 23.6 Å². The molecule has 66 heavy (non-hydrogen) atoms. The summed E-state index contributed by atoms with van der Waals surface area (Å²) in [7, 11) is -8.02. The summed E-state index contributed by atoms with van der Waals surface area (Å²) in [5.41, 5.74) is -1.19. The van der Waals surface area contributed by atoms with E-state index in [0.717, 1.165) is 40.0 Å². The zero-order valence-corrected chi connectivity index (χ0v) is 42.3. The number of anilines is 2. The predicted octanol–water partition coefficient (Wildman–Crippen LogP) is 12.8. The van der Waals surface area contributed by atoms with Gasteiger partial charge in [0.1, 0.15) is 30.8 Å². The molecule has 1 N–H and O–H groups in total. The monoisotopic (exact) mass is 1030 g/mol. The second kappa shape index (κ2) is 21.2. The predicted molar refractivity (Wildman–Crippen MR) is 254 cm³/mol. The molecule has 0 radical (unpaired) electrons. The van der Waals surface area contributed by atoms with Gasteiger partial charge in [-0.3, -0.25) is 4.31 Å². The summed E-state index contributed by atoms with van der Waals surface area (Å²) in [5, 5.41) is 3.63. The zero-order chi connectivity index (χ0) is 49.0. The van der Waals surface area contributed by atoms with Gasteiger partial charge in [0.05, 0.1) is 51.5 Å². The molecule has 2 aliphatic heterocycles. The summed E-state index contributed by atoms with van der Waals surface area (Å²) in [6.07, 6.45) is -9.54. The first-order valence-electron chi connectivity index (χ1n) is 20.5. The van der Waals surface area contributed by atoms with E-state index in [2.05, 4.69) is 60.0 Å². The number of hydrogen-bond donors (Lipinski definition) is 1. The van der Waals surface area contributed by atoms with Crippen LogP contribution in [0.25, 0.3) is 0 Å². The lowest BCUT2D eigenvalue weighted by atomic mass is 10.2. The Morgan fingerprint density at radius 3 is 1.56 bits per heavy atom. The van der Waals surface area contributed by atoms with Crippen LogP contribution in [0.2, 0.25) is 36.3 Å². The van der Waals surface area contributed by atoms with Crippen LogP contribution < -0.4 is 19.1 Å². The molecule has 0 spiro atoms. The van der Waals surface area contributed by atoms with E-state index in [4.69, 9.17) is 29.0 Å². The second-order valence-electron chi connectivity index (χ2n) is 18.5. The van der Waals surface area contributed by atoms with Gasteiger partial charge in [0, 0.05) is 10.7 Å². The van der Waals surface area contributed by atoms with Crippen molar-refractivity contribution in [3.63, 3.8) is 0 Å². The summed E-state index contributed by atoms with van der Waals surface area (Å²) >= 11 is 0. The van der Waals surface area contributed by atoms with Crippen LogP contribution in [0.5, 0.6) is 11.5 Å². The highest BCUT2D eigenvalue weighted by Gasteiger charge is 2.45. The van der Waals surface area contributed by atoms with E-state index in [1.165, 1.54) is 24.3 Å². The van der Waals surface area contributed by atoms with Gasteiger partial charge >= 0.3 is 12.4 Å². The van der Waals surface area contributed by atoms with Crippen LogP contribution in [-0.2, 0) is 40.3 Å². The Morgan fingerprint density at radius 2 is 1.06 bits per heavy atom. The van der Waals surface area contributed by atoms with E-state index in [9.17, 15) is 43.2 Å². The summed E-state index contributed by atoms with van der Waals surface area (Å²) in [4.78, 5) is -1.71. The minimum atomic E-state index is -4.82. The van der Waals surface area contributed by atoms with Gasteiger partial charge in [-0.15, -0.1) is 0 Å². The van der Waals surface area contributed by atoms with E-state index >= 15 is 0 Å². The molecule has 21 heteroatoms. The SMILES string of the molecule is C.CC(C)(C)[Si](C)(C)OCC1COc2ccccc2N1.CC(C)(C)[Si](C)(C)OCC1COc2ccccc2N1S(=O)(=O)c1ccccc1C(F)(F)F.O=S(=O)(Cl)c1ccccc1C(F)(F)F. The summed E-state index contributed by atoms with van der Waals surface area (Å²) in [6.45, 7) is 23.0. The summed E-state index contributed by atoms with van der Waals surface area (Å²) in [6, 6.07) is 21.9. The number of fused-ring (bicyclic) bond motifs is 2. The number of alkyl halides is 6. The Morgan fingerprint density at radius 1 is 0.636 bits per heavy atom. The van der Waals surface area contributed by atoms with Crippen molar-refractivity contribution in [2.24, 2.45) is 0 Å². The van der Waals surface area contributed by atoms with Crippen LogP contribution in [0.15, 0.2) is 107 Å². The molecule has 2 aliphatic rings. The van der Waals surface area contributed by atoms with Crippen LogP contribution in [0.4, 0.5) is 37.7 Å². The molecule has 4 aromatic rings. The van der Waals surface area contributed by atoms with Crippen molar-refractivity contribution >= 4 is 57.8 Å². The molecule has 0 saturated heterocycles. The maximum Gasteiger partial charge on any atom is 0.417 e. The van der Waals surface area contributed by atoms with E-state index in [-0.39, 0.29) is 42.4 Å². The lowest BCUT2D eigenvalue weighted by Gasteiger charge is -2.41. The number of benzene rings is 4. The first-order valence-corrected chi connectivity index (χ1v) is 30.0. The molecule has 0 fully saturated rings. The number of sulfonamides is 1. The van der Waals surface area contributed by atoms with E-state index < -0.39 is 75.0 Å². The minimum Gasteiger partial charge on any atom is -0.489 e. The maximum absolute atomic E-state index is 13.7. The third-order valence-corrected chi connectivity index (χ3v) is 23.9. The average molecular weight is 1030 g/mol. The number of halogens is 7. The smallest absolute Gasteiger partial charge is 0.417 e. The summed E-state index contributed by atoms with van der Waals surface area (Å²) in [5.74, 6) is 1.23. The van der Waals surface area contributed by atoms with Gasteiger partial charge in [0.2, 0.25) is 0 Å². The molecule has 2 unspecified atom stereocenters. The van der Waals surface area contributed by atoms with Gasteiger partial charge in [0.15, 0.2) is 16.6 Å². The Balaban J connectivity index is 0.000000288. The zero-order valence-electron chi connectivity index (χ0n) is 37.9. The quantitative estimate of drug-likeness (QED) is 0.0992. The molecule has 368 valence electrons. The molecule has 0 amide bonds. The first kappa shape index (κ1) is 56.5. The molecule has 0 aliphatic carbocycles. The number of nitrogens with zero attached hydrogens (tertiary/aromatic N) is 1. The van der Waals surface area contributed by atoms with Gasteiger partial charge in [-0.2, -0.15) is 26.3 Å². The molecule has 2 heterocycles. The Labute approximate surface area is 392 Å². The number of ether oxygens (including phenoxy) is 2. The van der Waals surface area contributed by atoms with Crippen molar-refractivity contribution in [2.45, 2.75) is 119 Å². The fourth-order valence-electron chi connectivity index (χ4n) is 5.90. The topological polar surface area (TPSA) is 120 Å². The molecule has 0 saturated carbocycles. The van der Waals surface area contributed by atoms with Crippen molar-refractivity contribution in [1.82, 2.24) is 0 Å². The molecule has 6 rings (SSSR count). The normalized spacial score (nSPS) is 16.8.